The minimum Gasteiger partial charge on any atom is -0.496 e. The van der Waals surface area contributed by atoms with Crippen LogP contribution in [0.4, 0.5) is 0 Å². The minimum atomic E-state index is -0.471. The molecule has 7 nitrogen and oxygen atoms in total. The third kappa shape index (κ3) is 8.04. The first-order valence-corrected chi connectivity index (χ1v) is 13.1. The lowest BCUT2D eigenvalue weighted by molar-refractivity contribution is -0.140. The smallest absolute Gasteiger partial charge is 0.331 e. The number of nitrogens with zero attached hydrogens (tertiary/aromatic N) is 1. The van der Waals surface area contributed by atoms with E-state index in [1.54, 1.807) is 28.4 Å². The molecule has 0 bridgehead atoms. The van der Waals surface area contributed by atoms with Crippen molar-refractivity contribution in [1.82, 2.24) is 0 Å². The first-order valence-electron chi connectivity index (χ1n) is 13.1. The fourth-order valence-corrected chi connectivity index (χ4v) is 4.49. The number of oxime groups is 1. The summed E-state index contributed by atoms with van der Waals surface area (Å²) in [5, 5.41) is 5.67. The van der Waals surface area contributed by atoms with Gasteiger partial charge in [-0.05, 0) is 31.0 Å². The molecule has 2 aromatic carbocycles. The van der Waals surface area contributed by atoms with Crippen LogP contribution in [0.2, 0.25) is 0 Å². The van der Waals surface area contributed by atoms with Crippen LogP contribution in [0.5, 0.6) is 23.0 Å². The summed E-state index contributed by atoms with van der Waals surface area (Å²) in [6, 6.07) is 5.53. The van der Waals surface area contributed by atoms with Crippen LogP contribution in [0, 0.1) is 0 Å². The van der Waals surface area contributed by atoms with Gasteiger partial charge in [0, 0.05) is 12.5 Å². The molecule has 0 radical (unpaired) electrons. The number of unbranched alkanes of at least 4 members (excludes halogenated alkanes) is 9. The molecule has 0 aliphatic rings. The van der Waals surface area contributed by atoms with Crippen molar-refractivity contribution in [3.63, 3.8) is 0 Å². The van der Waals surface area contributed by atoms with Crippen LogP contribution in [0.1, 0.15) is 90.0 Å². The molecule has 0 aliphatic carbocycles. The summed E-state index contributed by atoms with van der Waals surface area (Å²) < 4.78 is 22.9. The van der Waals surface area contributed by atoms with E-state index in [-0.39, 0.29) is 0 Å². The summed E-state index contributed by atoms with van der Waals surface area (Å²) in [7, 11) is 6.43. The third-order valence-electron chi connectivity index (χ3n) is 6.35. The molecule has 36 heavy (non-hydrogen) atoms. The predicted octanol–water partition coefficient (Wildman–Crippen LogP) is 7.45. The van der Waals surface area contributed by atoms with E-state index in [4.69, 9.17) is 23.8 Å². The van der Waals surface area contributed by atoms with E-state index in [2.05, 4.69) is 12.1 Å². The maximum absolute atomic E-state index is 11.6. The van der Waals surface area contributed by atoms with E-state index >= 15 is 0 Å². The largest absolute Gasteiger partial charge is 0.496 e. The molecule has 2 aromatic rings. The molecule has 0 spiro atoms. The number of rotatable bonds is 17. The molecule has 7 heteroatoms. The van der Waals surface area contributed by atoms with E-state index in [1.165, 1.54) is 58.3 Å². The molecule has 0 heterocycles. The molecule has 0 saturated heterocycles. The van der Waals surface area contributed by atoms with Crippen LogP contribution in [0.25, 0.3) is 10.8 Å². The minimum absolute atomic E-state index is 0.471. The molecule has 0 N–H and O–H groups in total. The molecule has 200 valence electrons. The van der Waals surface area contributed by atoms with Crippen LogP contribution < -0.4 is 18.9 Å². The zero-order valence-electron chi connectivity index (χ0n) is 22.9. The van der Waals surface area contributed by atoms with Crippen molar-refractivity contribution in [2.75, 3.05) is 28.4 Å². The van der Waals surface area contributed by atoms with Gasteiger partial charge in [0.25, 0.3) is 0 Å². The van der Waals surface area contributed by atoms with Gasteiger partial charge in [0.2, 0.25) is 0 Å². The average Bonchev–Trinajstić information content (AvgIpc) is 2.89. The van der Waals surface area contributed by atoms with Crippen molar-refractivity contribution < 1.29 is 28.6 Å². The maximum Gasteiger partial charge on any atom is 0.331 e. The van der Waals surface area contributed by atoms with Gasteiger partial charge in [-0.25, -0.2) is 4.79 Å². The van der Waals surface area contributed by atoms with Crippen molar-refractivity contribution in [2.24, 2.45) is 5.16 Å². The second-order valence-electron chi connectivity index (χ2n) is 8.93. The molecule has 0 atom stereocenters. The van der Waals surface area contributed by atoms with Gasteiger partial charge in [0.05, 0.1) is 44.9 Å². The van der Waals surface area contributed by atoms with E-state index in [0.29, 0.717) is 46.1 Å². The fraction of sp³-hybridized carbons (Fsp3) is 0.586. The lowest BCUT2D eigenvalue weighted by atomic mass is 9.96. The lowest BCUT2D eigenvalue weighted by Crippen LogP contribution is -2.08. The first-order chi connectivity index (χ1) is 17.5. The Balaban J connectivity index is 2.29. The van der Waals surface area contributed by atoms with E-state index in [1.807, 2.05) is 18.2 Å². The van der Waals surface area contributed by atoms with Crippen LogP contribution in [-0.4, -0.2) is 40.1 Å². The molecule has 0 amide bonds. The summed E-state index contributed by atoms with van der Waals surface area (Å²) >= 11 is 0. The Morgan fingerprint density at radius 1 is 0.722 bits per heavy atom. The van der Waals surface area contributed by atoms with Gasteiger partial charge in [-0.15, -0.1) is 0 Å². The van der Waals surface area contributed by atoms with Gasteiger partial charge < -0.3 is 23.8 Å². The lowest BCUT2D eigenvalue weighted by Gasteiger charge is -2.19. The second kappa shape index (κ2) is 15.9. The molecule has 0 saturated carbocycles. The van der Waals surface area contributed by atoms with Gasteiger partial charge in [-0.1, -0.05) is 69.9 Å². The third-order valence-corrected chi connectivity index (χ3v) is 6.35. The number of carbonyl (C=O) groups excluding carboxylic acids is 1. The molecular weight excluding hydrogens is 458 g/mol. The Bertz CT molecular complexity index is 1000. The van der Waals surface area contributed by atoms with Crippen molar-refractivity contribution in [3.8, 4) is 23.0 Å². The molecule has 0 aliphatic heterocycles. The molecular formula is C29H43NO6. The number of fused-ring (bicyclic) bond motifs is 1. The Labute approximate surface area is 216 Å². The van der Waals surface area contributed by atoms with Crippen molar-refractivity contribution >= 4 is 22.5 Å². The van der Waals surface area contributed by atoms with Gasteiger partial charge in [0.15, 0.2) is 0 Å². The fourth-order valence-electron chi connectivity index (χ4n) is 4.49. The number of hydrogen-bond donors (Lipinski definition) is 0. The SMILES string of the molecule is CCCCCCCCCCCCC(=NOC(C)=O)c1cc(OC)c2c(OC)ccc(OC)c2c1OC. The molecule has 0 aromatic heterocycles. The number of methoxy groups -OCH3 is 4. The van der Waals surface area contributed by atoms with Crippen molar-refractivity contribution in [1.29, 1.82) is 0 Å². The molecule has 0 fully saturated rings. The summed E-state index contributed by atoms with van der Waals surface area (Å²) in [4.78, 5) is 16.7. The van der Waals surface area contributed by atoms with Crippen LogP contribution in [-0.2, 0) is 9.63 Å². The van der Waals surface area contributed by atoms with Crippen LogP contribution in [0.3, 0.4) is 0 Å². The van der Waals surface area contributed by atoms with Gasteiger partial charge >= 0.3 is 5.97 Å². The Morgan fingerprint density at radius 3 is 1.75 bits per heavy atom. The highest BCUT2D eigenvalue weighted by Gasteiger charge is 2.23. The summed E-state index contributed by atoms with van der Waals surface area (Å²) in [6.45, 7) is 3.59. The second-order valence-corrected chi connectivity index (χ2v) is 8.93. The number of ether oxygens (including phenoxy) is 4. The average molecular weight is 502 g/mol. The molecule has 0 unspecified atom stereocenters. The number of benzene rings is 2. The quantitative estimate of drug-likeness (QED) is 0.0969. The van der Waals surface area contributed by atoms with E-state index in [0.717, 1.165) is 18.2 Å². The Kier molecular flexibility index (Phi) is 12.9. The van der Waals surface area contributed by atoms with Crippen molar-refractivity contribution in [3.05, 3.63) is 23.8 Å². The monoisotopic (exact) mass is 501 g/mol. The van der Waals surface area contributed by atoms with Gasteiger partial charge in [-0.3, -0.25) is 0 Å². The van der Waals surface area contributed by atoms with E-state index in [9.17, 15) is 4.79 Å². The zero-order valence-corrected chi connectivity index (χ0v) is 22.9. The van der Waals surface area contributed by atoms with Crippen LogP contribution in [0.15, 0.2) is 23.4 Å². The Hall–Kier alpha value is -2.96. The number of carbonyl (C=O) groups is 1. The summed E-state index contributed by atoms with van der Waals surface area (Å²) in [5.41, 5.74) is 1.33. The summed E-state index contributed by atoms with van der Waals surface area (Å²) in [6.07, 6.45) is 13.0. The number of hydrogen-bond acceptors (Lipinski definition) is 7. The maximum atomic E-state index is 11.6. The molecule has 2 rings (SSSR count). The van der Waals surface area contributed by atoms with E-state index < -0.39 is 5.97 Å². The Morgan fingerprint density at radius 2 is 1.25 bits per heavy atom. The van der Waals surface area contributed by atoms with Gasteiger partial charge in [0.1, 0.15) is 23.0 Å². The normalized spacial score (nSPS) is 11.4. The standard InChI is InChI=1S/C29H43NO6/c1-7-8-9-10-11-12-13-14-15-16-17-23(30-36-21(2)31)22-20-26(34-5)27-24(32-3)18-19-25(33-4)28(27)29(22)35-6/h18-20H,7-17H2,1-6H3. The summed E-state index contributed by atoms with van der Waals surface area (Å²) in [5.74, 6) is 1.95. The van der Waals surface area contributed by atoms with Gasteiger partial charge in [-0.2, -0.15) is 0 Å². The van der Waals surface area contributed by atoms with Crippen molar-refractivity contribution in [2.45, 2.75) is 84.5 Å². The first kappa shape index (κ1) is 29.3. The zero-order chi connectivity index (χ0) is 26.3. The topological polar surface area (TPSA) is 75.6 Å². The van der Waals surface area contributed by atoms with Crippen LogP contribution >= 0.6 is 0 Å². The predicted molar refractivity (Wildman–Crippen MR) is 145 cm³/mol. The highest BCUT2D eigenvalue weighted by atomic mass is 16.7. The highest BCUT2D eigenvalue weighted by molar-refractivity contribution is 6.12. The highest BCUT2D eigenvalue weighted by Crippen LogP contribution is 2.46.